The molecule has 0 aliphatic carbocycles. The van der Waals surface area contributed by atoms with Crippen LogP contribution < -0.4 is 22.3 Å². The first-order valence-electron chi connectivity index (χ1n) is 7.26. The first kappa shape index (κ1) is 17.3. The summed E-state index contributed by atoms with van der Waals surface area (Å²) in [5.74, 6) is 0.412. The molecule has 1 aromatic rings. The summed E-state index contributed by atoms with van der Waals surface area (Å²) in [6.45, 7) is 6.43. The Labute approximate surface area is 124 Å². The third-order valence-corrected chi connectivity index (χ3v) is 3.32. The highest BCUT2D eigenvalue weighted by Gasteiger charge is 2.17. The topological polar surface area (TPSA) is 102 Å². The van der Waals surface area contributed by atoms with Crippen LogP contribution >= 0.6 is 0 Å². The van der Waals surface area contributed by atoms with Crippen LogP contribution in [0.25, 0.3) is 0 Å². The van der Waals surface area contributed by atoms with E-state index in [0.29, 0.717) is 19.4 Å². The van der Waals surface area contributed by atoms with Gasteiger partial charge in [-0.25, -0.2) is 4.79 Å². The van der Waals surface area contributed by atoms with E-state index < -0.39 is 11.2 Å². The average molecular weight is 298 g/mol. The van der Waals surface area contributed by atoms with E-state index >= 15 is 0 Å². The number of nitrogens with zero attached hydrogens (tertiary/aromatic N) is 2. The van der Waals surface area contributed by atoms with Crippen molar-refractivity contribution in [3.63, 3.8) is 0 Å². The molecule has 120 valence electrons. The molecule has 7 heteroatoms. The van der Waals surface area contributed by atoms with Crippen molar-refractivity contribution >= 4 is 11.5 Å². The predicted molar refractivity (Wildman–Crippen MR) is 84.6 cm³/mol. The quantitative estimate of drug-likeness (QED) is 0.674. The van der Waals surface area contributed by atoms with Gasteiger partial charge in [-0.3, -0.25) is 13.9 Å². The maximum absolute atomic E-state index is 12.2. The molecule has 1 heterocycles. The minimum atomic E-state index is -0.423. The Bertz CT molecular complexity index is 589. The SMILES string of the molecule is CC(C)Cn1c(N)c(NC(C)CCCO)c(=O)n(C)c1=O. The second-order valence-electron chi connectivity index (χ2n) is 5.82. The molecule has 7 nitrogen and oxygen atoms in total. The number of anilines is 2. The van der Waals surface area contributed by atoms with Crippen LogP contribution in [0.2, 0.25) is 0 Å². The zero-order valence-electron chi connectivity index (χ0n) is 13.2. The minimum Gasteiger partial charge on any atom is -0.396 e. The Balaban J connectivity index is 3.23. The monoisotopic (exact) mass is 298 g/mol. The molecule has 0 bridgehead atoms. The number of nitrogen functional groups attached to an aromatic ring is 1. The van der Waals surface area contributed by atoms with E-state index in [0.717, 1.165) is 4.57 Å². The lowest BCUT2D eigenvalue weighted by molar-refractivity contribution is 0.282. The van der Waals surface area contributed by atoms with E-state index in [4.69, 9.17) is 10.8 Å². The number of nitrogens with two attached hydrogens (primary N) is 1. The molecule has 0 radical (unpaired) electrons. The van der Waals surface area contributed by atoms with E-state index in [-0.39, 0.29) is 30.1 Å². The van der Waals surface area contributed by atoms with Crippen molar-refractivity contribution < 1.29 is 5.11 Å². The zero-order chi connectivity index (χ0) is 16.2. The molecule has 0 amide bonds. The number of nitrogens with one attached hydrogen (secondary N) is 1. The van der Waals surface area contributed by atoms with E-state index in [1.807, 2.05) is 20.8 Å². The molecule has 1 unspecified atom stereocenters. The van der Waals surface area contributed by atoms with Crippen LogP contribution in [0.5, 0.6) is 0 Å². The van der Waals surface area contributed by atoms with Crippen LogP contribution in [0, 0.1) is 5.92 Å². The fourth-order valence-electron chi connectivity index (χ4n) is 2.18. The summed E-state index contributed by atoms with van der Waals surface area (Å²) in [4.78, 5) is 24.4. The van der Waals surface area contributed by atoms with Gasteiger partial charge in [0.1, 0.15) is 11.5 Å². The van der Waals surface area contributed by atoms with E-state index in [9.17, 15) is 9.59 Å². The lowest BCUT2D eigenvalue weighted by Crippen LogP contribution is -2.42. The largest absolute Gasteiger partial charge is 0.396 e. The average Bonchev–Trinajstić information content (AvgIpc) is 2.43. The Kier molecular flexibility index (Phi) is 6.02. The molecule has 0 aliphatic rings. The molecule has 0 aromatic carbocycles. The van der Waals surface area contributed by atoms with Gasteiger partial charge in [0, 0.05) is 26.2 Å². The Morgan fingerprint density at radius 3 is 2.43 bits per heavy atom. The second-order valence-corrected chi connectivity index (χ2v) is 5.82. The van der Waals surface area contributed by atoms with Gasteiger partial charge in [0.2, 0.25) is 0 Å². The summed E-state index contributed by atoms with van der Waals surface area (Å²) in [6.07, 6.45) is 1.35. The first-order valence-corrected chi connectivity index (χ1v) is 7.26. The third-order valence-electron chi connectivity index (χ3n) is 3.32. The van der Waals surface area contributed by atoms with Crippen LogP contribution in [0.15, 0.2) is 9.59 Å². The van der Waals surface area contributed by atoms with Gasteiger partial charge in [0.15, 0.2) is 0 Å². The molecule has 1 atom stereocenters. The maximum Gasteiger partial charge on any atom is 0.332 e. The smallest absolute Gasteiger partial charge is 0.332 e. The van der Waals surface area contributed by atoms with E-state index in [1.165, 1.54) is 11.6 Å². The van der Waals surface area contributed by atoms with Gasteiger partial charge in [-0.05, 0) is 25.7 Å². The van der Waals surface area contributed by atoms with Gasteiger partial charge in [0.25, 0.3) is 5.56 Å². The van der Waals surface area contributed by atoms with Crippen molar-refractivity contribution in [1.82, 2.24) is 9.13 Å². The van der Waals surface area contributed by atoms with Crippen molar-refractivity contribution in [1.29, 1.82) is 0 Å². The Hall–Kier alpha value is -1.76. The fourth-order valence-corrected chi connectivity index (χ4v) is 2.18. The maximum atomic E-state index is 12.2. The number of aliphatic hydroxyl groups is 1. The van der Waals surface area contributed by atoms with Gasteiger partial charge >= 0.3 is 5.69 Å². The molecule has 0 saturated carbocycles. The predicted octanol–water partition coefficient (Wildman–Crippen LogP) is 0.358. The molecule has 0 fully saturated rings. The fraction of sp³-hybridized carbons (Fsp3) is 0.714. The minimum absolute atomic E-state index is 0.0165. The Morgan fingerprint density at radius 1 is 1.29 bits per heavy atom. The first-order chi connectivity index (χ1) is 9.79. The molecule has 0 saturated heterocycles. The highest BCUT2D eigenvalue weighted by Crippen LogP contribution is 2.14. The number of rotatable bonds is 7. The molecule has 0 spiro atoms. The summed E-state index contributed by atoms with van der Waals surface area (Å²) < 4.78 is 2.49. The summed E-state index contributed by atoms with van der Waals surface area (Å²) in [5, 5.41) is 11.9. The standard InChI is InChI=1S/C14H26N4O3/c1-9(2)8-18-12(15)11(13(20)17(4)14(18)21)16-10(3)6-5-7-19/h9-10,16,19H,5-8,15H2,1-4H3. The molecule has 1 rings (SSSR count). The van der Waals surface area contributed by atoms with Gasteiger partial charge in [-0.2, -0.15) is 0 Å². The van der Waals surface area contributed by atoms with E-state index in [1.54, 1.807) is 0 Å². The van der Waals surface area contributed by atoms with Crippen LogP contribution in [0.3, 0.4) is 0 Å². The zero-order valence-corrected chi connectivity index (χ0v) is 13.2. The van der Waals surface area contributed by atoms with Crippen LogP contribution in [-0.2, 0) is 13.6 Å². The van der Waals surface area contributed by atoms with Crippen molar-refractivity contribution in [3.05, 3.63) is 20.8 Å². The van der Waals surface area contributed by atoms with E-state index in [2.05, 4.69) is 5.32 Å². The second kappa shape index (κ2) is 7.31. The van der Waals surface area contributed by atoms with Gasteiger partial charge in [0.05, 0.1) is 0 Å². The number of hydrogen-bond donors (Lipinski definition) is 3. The van der Waals surface area contributed by atoms with Gasteiger partial charge in [-0.1, -0.05) is 13.8 Å². The number of hydrogen-bond acceptors (Lipinski definition) is 5. The van der Waals surface area contributed by atoms with Crippen molar-refractivity contribution in [2.45, 2.75) is 46.2 Å². The lowest BCUT2D eigenvalue weighted by atomic mass is 10.2. The highest BCUT2D eigenvalue weighted by molar-refractivity contribution is 5.61. The van der Waals surface area contributed by atoms with Crippen LogP contribution in [0.4, 0.5) is 11.5 Å². The summed E-state index contributed by atoms with van der Waals surface area (Å²) in [6, 6.07) is -0.0165. The van der Waals surface area contributed by atoms with Crippen molar-refractivity contribution in [2.75, 3.05) is 17.7 Å². The van der Waals surface area contributed by atoms with Crippen LogP contribution in [-0.4, -0.2) is 26.9 Å². The summed E-state index contributed by atoms with van der Waals surface area (Å²) >= 11 is 0. The highest BCUT2D eigenvalue weighted by atomic mass is 16.3. The third kappa shape index (κ3) is 4.10. The van der Waals surface area contributed by atoms with Crippen molar-refractivity contribution in [3.8, 4) is 0 Å². The van der Waals surface area contributed by atoms with Gasteiger partial charge < -0.3 is 16.2 Å². The molecular formula is C14H26N4O3. The normalized spacial score (nSPS) is 12.7. The van der Waals surface area contributed by atoms with Crippen LogP contribution in [0.1, 0.15) is 33.6 Å². The molecule has 1 aromatic heterocycles. The molecule has 21 heavy (non-hydrogen) atoms. The summed E-state index contributed by atoms with van der Waals surface area (Å²) in [5.41, 5.74) is 5.44. The lowest BCUT2D eigenvalue weighted by Gasteiger charge is -2.20. The van der Waals surface area contributed by atoms with Gasteiger partial charge in [-0.15, -0.1) is 0 Å². The number of aliphatic hydroxyl groups excluding tert-OH is 1. The Morgan fingerprint density at radius 2 is 1.90 bits per heavy atom. The molecule has 0 aliphatic heterocycles. The molecular weight excluding hydrogens is 272 g/mol. The van der Waals surface area contributed by atoms with Crippen molar-refractivity contribution in [2.24, 2.45) is 13.0 Å². The summed E-state index contributed by atoms with van der Waals surface area (Å²) in [7, 11) is 1.45. The number of aromatic nitrogens is 2. The molecule has 4 N–H and O–H groups in total.